The average molecular weight is 385 g/mol. The van der Waals surface area contributed by atoms with E-state index in [0.29, 0.717) is 6.10 Å². The molecule has 19 heavy (non-hydrogen) atoms. The van der Waals surface area contributed by atoms with Gasteiger partial charge in [-0.05, 0) is 25.7 Å². The molecule has 0 aromatic rings. The van der Waals surface area contributed by atoms with Gasteiger partial charge in [0.1, 0.15) is 0 Å². The first-order valence-corrected chi connectivity index (χ1v) is 7.00. The highest BCUT2D eigenvalue weighted by Gasteiger charge is 2.13. The van der Waals surface area contributed by atoms with Crippen LogP contribution >= 0.6 is 24.0 Å². The van der Waals surface area contributed by atoms with E-state index in [9.17, 15) is 0 Å². The normalized spacial score (nSPS) is 16.8. The molecular formula is C13H28IN3O2. The molecular weight excluding hydrogens is 357 g/mol. The van der Waals surface area contributed by atoms with Gasteiger partial charge < -0.3 is 20.1 Å². The fraction of sp³-hybridized carbons (Fsp3) is 0.923. The fourth-order valence-corrected chi connectivity index (χ4v) is 1.84. The summed E-state index contributed by atoms with van der Waals surface area (Å²) in [6.07, 6.45) is 4.58. The van der Waals surface area contributed by atoms with E-state index in [1.54, 1.807) is 7.05 Å². The van der Waals surface area contributed by atoms with E-state index in [-0.39, 0.29) is 24.0 Å². The molecule has 0 bridgehead atoms. The maximum Gasteiger partial charge on any atom is 0.190 e. The SMILES string of the molecule is CCCNC(=NC)NCCCOC1CCOCC1.I. The van der Waals surface area contributed by atoms with Crippen molar-refractivity contribution < 1.29 is 9.47 Å². The van der Waals surface area contributed by atoms with Crippen molar-refractivity contribution in [2.75, 3.05) is 40.0 Å². The van der Waals surface area contributed by atoms with Crippen molar-refractivity contribution in [1.29, 1.82) is 0 Å². The van der Waals surface area contributed by atoms with Crippen LogP contribution in [0.2, 0.25) is 0 Å². The van der Waals surface area contributed by atoms with Crippen LogP contribution in [-0.4, -0.2) is 52.0 Å². The van der Waals surface area contributed by atoms with Gasteiger partial charge >= 0.3 is 0 Å². The summed E-state index contributed by atoms with van der Waals surface area (Å²) in [5.41, 5.74) is 0. The Morgan fingerprint density at radius 3 is 2.58 bits per heavy atom. The molecule has 1 saturated heterocycles. The molecule has 1 aliphatic rings. The molecule has 1 heterocycles. The minimum absolute atomic E-state index is 0. The van der Waals surface area contributed by atoms with Gasteiger partial charge in [-0.2, -0.15) is 0 Å². The van der Waals surface area contributed by atoms with Crippen LogP contribution in [0, 0.1) is 0 Å². The van der Waals surface area contributed by atoms with E-state index in [2.05, 4.69) is 22.5 Å². The summed E-state index contributed by atoms with van der Waals surface area (Å²) in [5, 5.41) is 6.52. The van der Waals surface area contributed by atoms with Gasteiger partial charge in [0.15, 0.2) is 5.96 Å². The fourth-order valence-electron chi connectivity index (χ4n) is 1.84. The first-order chi connectivity index (χ1) is 8.86. The smallest absolute Gasteiger partial charge is 0.190 e. The van der Waals surface area contributed by atoms with Gasteiger partial charge in [-0.3, -0.25) is 4.99 Å². The summed E-state index contributed by atoms with van der Waals surface area (Å²) in [7, 11) is 1.80. The number of nitrogens with zero attached hydrogens (tertiary/aromatic N) is 1. The zero-order chi connectivity index (χ0) is 13.1. The Balaban J connectivity index is 0.00000324. The first-order valence-electron chi connectivity index (χ1n) is 7.00. The number of hydrogen-bond donors (Lipinski definition) is 2. The topological polar surface area (TPSA) is 54.9 Å². The highest BCUT2D eigenvalue weighted by atomic mass is 127. The number of rotatable bonds is 7. The lowest BCUT2D eigenvalue weighted by Crippen LogP contribution is -2.38. The molecule has 0 atom stereocenters. The van der Waals surface area contributed by atoms with E-state index < -0.39 is 0 Å². The minimum Gasteiger partial charge on any atom is -0.381 e. The average Bonchev–Trinajstić information content (AvgIpc) is 2.43. The lowest BCUT2D eigenvalue weighted by molar-refractivity contribution is -0.0320. The van der Waals surface area contributed by atoms with Gasteiger partial charge in [-0.1, -0.05) is 6.92 Å². The van der Waals surface area contributed by atoms with Crippen molar-refractivity contribution in [1.82, 2.24) is 10.6 Å². The van der Waals surface area contributed by atoms with Gasteiger partial charge in [0.25, 0.3) is 0 Å². The van der Waals surface area contributed by atoms with Crippen molar-refractivity contribution in [2.24, 2.45) is 4.99 Å². The number of guanidine groups is 1. The Morgan fingerprint density at radius 1 is 1.26 bits per heavy atom. The molecule has 1 aliphatic heterocycles. The van der Waals surface area contributed by atoms with Crippen molar-refractivity contribution in [3.05, 3.63) is 0 Å². The van der Waals surface area contributed by atoms with Gasteiger partial charge in [-0.25, -0.2) is 0 Å². The molecule has 0 spiro atoms. The molecule has 0 aromatic carbocycles. The number of halogens is 1. The van der Waals surface area contributed by atoms with E-state index >= 15 is 0 Å². The lowest BCUT2D eigenvalue weighted by Gasteiger charge is -2.22. The van der Waals surface area contributed by atoms with Crippen molar-refractivity contribution in [2.45, 2.75) is 38.7 Å². The van der Waals surface area contributed by atoms with Gasteiger partial charge in [-0.15, -0.1) is 24.0 Å². The van der Waals surface area contributed by atoms with E-state index in [1.807, 2.05) is 0 Å². The number of aliphatic imine (C=N–C) groups is 1. The quantitative estimate of drug-likeness (QED) is 0.304. The molecule has 6 heteroatoms. The molecule has 0 unspecified atom stereocenters. The van der Waals surface area contributed by atoms with Gasteiger partial charge in [0.05, 0.1) is 6.10 Å². The van der Waals surface area contributed by atoms with E-state index in [4.69, 9.17) is 9.47 Å². The Morgan fingerprint density at radius 2 is 1.95 bits per heavy atom. The first kappa shape index (κ1) is 18.9. The second-order valence-corrected chi connectivity index (χ2v) is 4.46. The third-order valence-electron chi connectivity index (χ3n) is 2.90. The zero-order valence-electron chi connectivity index (χ0n) is 12.1. The second kappa shape index (κ2) is 12.9. The highest BCUT2D eigenvalue weighted by Crippen LogP contribution is 2.10. The molecule has 0 saturated carbocycles. The summed E-state index contributed by atoms with van der Waals surface area (Å²) in [6.45, 7) is 6.49. The Kier molecular flexibility index (Phi) is 12.9. The largest absolute Gasteiger partial charge is 0.381 e. The Bertz CT molecular complexity index is 234. The highest BCUT2D eigenvalue weighted by molar-refractivity contribution is 14.0. The maximum absolute atomic E-state index is 5.80. The van der Waals surface area contributed by atoms with Crippen LogP contribution in [-0.2, 0) is 9.47 Å². The molecule has 0 amide bonds. The molecule has 0 aromatic heterocycles. The number of hydrogen-bond acceptors (Lipinski definition) is 3. The maximum atomic E-state index is 5.80. The summed E-state index contributed by atoms with van der Waals surface area (Å²) < 4.78 is 11.1. The van der Waals surface area contributed by atoms with Crippen molar-refractivity contribution in [3.8, 4) is 0 Å². The van der Waals surface area contributed by atoms with Crippen LogP contribution in [0.3, 0.4) is 0 Å². The molecule has 1 rings (SSSR count). The lowest BCUT2D eigenvalue weighted by atomic mass is 10.1. The Hall–Kier alpha value is -0.0800. The van der Waals surface area contributed by atoms with Crippen molar-refractivity contribution >= 4 is 29.9 Å². The summed E-state index contributed by atoms with van der Waals surface area (Å²) in [4.78, 5) is 4.15. The molecule has 0 radical (unpaired) electrons. The molecule has 0 aliphatic carbocycles. The zero-order valence-corrected chi connectivity index (χ0v) is 14.4. The molecule has 2 N–H and O–H groups in total. The number of ether oxygens (including phenoxy) is 2. The third kappa shape index (κ3) is 9.45. The molecule has 114 valence electrons. The van der Waals surface area contributed by atoms with Crippen LogP contribution in [0.15, 0.2) is 4.99 Å². The van der Waals surface area contributed by atoms with Crippen LogP contribution < -0.4 is 10.6 Å². The van der Waals surface area contributed by atoms with Gasteiger partial charge in [0.2, 0.25) is 0 Å². The van der Waals surface area contributed by atoms with Crippen LogP contribution in [0.5, 0.6) is 0 Å². The van der Waals surface area contributed by atoms with E-state index in [0.717, 1.165) is 64.6 Å². The summed E-state index contributed by atoms with van der Waals surface area (Å²) in [5.74, 6) is 0.878. The standard InChI is InChI=1S/C13H27N3O2.HI/c1-3-7-15-13(14-2)16-8-4-9-18-12-5-10-17-11-6-12;/h12H,3-11H2,1-2H3,(H2,14,15,16);1H. The molecule has 1 fully saturated rings. The van der Waals surface area contributed by atoms with Crippen LogP contribution in [0.4, 0.5) is 0 Å². The predicted octanol–water partition coefficient (Wildman–Crippen LogP) is 1.77. The Labute approximate surface area is 133 Å². The van der Waals surface area contributed by atoms with E-state index in [1.165, 1.54) is 0 Å². The summed E-state index contributed by atoms with van der Waals surface area (Å²) in [6, 6.07) is 0. The number of nitrogens with one attached hydrogen (secondary N) is 2. The van der Waals surface area contributed by atoms with Crippen molar-refractivity contribution in [3.63, 3.8) is 0 Å². The second-order valence-electron chi connectivity index (χ2n) is 4.46. The monoisotopic (exact) mass is 385 g/mol. The van der Waals surface area contributed by atoms with Crippen LogP contribution in [0.25, 0.3) is 0 Å². The minimum atomic E-state index is 0. The summed E-state index contributed by atoms with van der Waals surface area (Å²) >= 11 is 0. The van der Waals surface area contributed by atoms with Gasteiger partial charge in [0, 0.05) is 40.0 Å². The molecule has 5 nitrogen and oxygen atoms in total. The third-order valence-corrected chi connectivity index (χ3v) is 2.90. The van der Waals surface area contributed by atoms with Crippen LogP contribution in [0.1, 0.15) is 32.6 Å². The predicted molar refractivity (Wildman–Crippen MR) is 89.5 cm³/mol.